The monoisotopic (exact) mass is 356 g/mol. The third kappa shape index (κ3) is 3.44. The van der Waals surface area contributed by atoms with Crippen LogP contribution in [-0.2, 0) is 4.79 Å². The second-order valence-electron chi connectivity index (χ2n) is 5.43. The van der Waals surface area contributed by atoms with Crippen molar-refractivity contribution < 1.29 is 14.7 Å². The van der Waals surface area contributed by atoms with Crippen LogP contribution in [0.4, 0.5) is 5.82 Å². The number of amides is 1. The van der Waals surface area contributed by atoms with Crippen LogP contribution in [-0.4, -0.2) is 34.6 Å². The quantitative estimate of drug-likeness (QED) is 0.533. The molecule has 0 saturated heterocycles. The Labute approximate surface area is 147 Å². The van der Waals surface area contributed by atoms with Gasteiger partial charge in [0.05, 0.1) is 10.3 Å². The van der Waals surface area contributed by atoms with Gasteiger partial charge in [-0.05, 0) is 11.6 Å². The SMILES string of the molecule is NC(=O)c1cnc(NC[C@@H](N)C(=O)O)c2cc(-c3ccccc3)sc12. The molecule has 2 heterocycles. The van der Waals surface area contributed by atoms with E-state index in [0.29, 0.717) is 21.5 Å². The summed E-state index contributed by atoms with van der Waals surface area (Å²) in [6.07, 6.45) is 1.39. The molecule has 0 aliphatic carbocycles. The lowest BCUT2D eigenvalue weighted by atomic mass is 10.1. The third-order valence-corrected chi connectivity index (χ3v) is 4.90. The number of pyridine rings is 1. The standard InChI is InChI=1S/C17H16N4O3S/c18-12(17(23)24)8-21-16-10-6-13(9-4-2-1-3-5-9)25-14(10)11(7-20-16)15(19)22/h1-7,12H,8,18H2,(H2,19,22)(H,20,21)(H,23,24)/t12-/m1/s1. The number of carbonyl (C=O) groups excluding carboxylic acids is 1. The number of nitrogens with zero attached hydrogens (tertiary/aromatic N) is 1. The maximum Gasteiger partial charge on any atom is 0.322 e. The fraction of sp³-hybridized carbons (Fsp3) is 0.118. The van der Waals surface area contributed by atoms with E-state index in [-0.39, 0.29) is 6.54 Å². The minimum absolute atomic E-state index is 0.0177. The molecule has 0 radical (unpaired) electrons. The molecule has 3 aromatic rings. The highest BCUT2D eigenvalue weighted by molar-refractivity contribution is 7.22. The predicted octanol–water partition coefficient (Wildman–Crippen LogP) is 1.89. The van der Waals surface area contributed by atoms with E-state index in [2.05, 4.69) is 10.3 Å². The minimum Gasteiger partial charge on any atom is -0.480 e. The average molecular weight is 356 g/mol. The third-order valence-electron chi connectivity index (χ3n) is 3.68. The van der Waals surface area contributed by atoms with Crippen LogP contribution in [0.2, 0.25) is 0 Å². The van der Waals surface area contributed by atoms with E-state index in [1.54, 1.807) is 0 Å². The molecule has 0 aliphatic rings. The predicted molar refractivity (Wildman–Crippen MR) is 97.7 cm³/mol. The van der Waals surface area contributed by atoms with E-state index in [4.69, 9.17) is 16.6 Å². The van der Waals surface area contributed by atoms with Crippen molar-refractivity contribution in [3.8, 4) is 10.4 Å². The van der Waals surface area contributed by atoms with Crippen molar-refractivity contribution in [2.24, 2.45) is 11.5 Å². The van der Waals surface area contributed by atoms with Gasteiger partial charge in [-0.3, -0.25) is 9.59 Å². The highest BCUT2D eigenvalue weighted by Gasteiger charge is 2.17. The largest absolute Gasteiger partial charge is 0.480 e. The first-order valence-corrected chi connectivity index (χ1v) is 8.29. The molecule has 1 amide bonds. The lowest BCUT2D eigenvalue weighted by Crippen LogP contribution is -2.37. The Morgan fingerprint density at radius 1 is 1.28 bits per heavy atom. The summed E-state index contributed by atoms with van der Waals surface area (Å²) in [6.45, 7) is 0.0177. The van der Waals surface area contributed by atoms with Crippen molar-refractivity contribution >= 4 is 39.1 Å². The van der Waals surface area contributed by atoms with Gasteiger partial charge in [-0.15, -0.1) is 11.3 Å². The van der Waals surface area contributed by atoms with Crippen LogP contribution < -0.4 is 16.8 Å². The van der Waals surface area contributed by atoms with Crippen LogP contribution in [0.25, 0.3) is 20.5 Å². The molecule has 128 valence electrons. The number of fused-ring (bicyclic) bond motifs is 1. The Bertz CT molecular complexity index is 940. The Hall–Kier alpha value is -2.97. The van der Waals surface area contributed by atoms with E-state index in [1.807, 2.05) is 36.4 Å². The van der Waals surface area contributed by atoms with Crippen molar-refractivity contribution in [3.05, 3.63) is 48.2 Å². The highest BCUT2D eigenvalue weighted by atomic mass is 32.1. The Morgan fingerprint density at radius 2 is 2.00 bits per heavy atom. The number of rotatable bonds is 6. The second kappa shape index (κ2) is 6.88. The summed E-state index contributed by atoms with van der Waals surface area (Å²) < 4.78 is 0.702. The summed E-state index contributed by atoms with van der Waals surface area (Å²) in [5, 5.41) is 12.5. The molecule has 7 nitrogen and oxygen atoms in total. The molecule has 0 unspecified atom stereocenters. The molecule has 1 aromatic carbocycles. The highest BCUT2D eigenvalue weighted by Crippen LogP contribution is 2.38. The fourth-order valence-corrected chi connectivity index (χ4v) is 3.56. The van der Waals surface area contributed by atoms with Gasteiger partial charge in [0.2, 0.25) is 0 Å². The molecule has 2 aromatic heterocycles. The van der Waals surface area contributed by atoms with Crippen LogP contribution >= 0.6 is 11.3 Å². The van der Waals surface area contributed by atoms with Gasteiger partial charge in [0, 0.05) is 23.0 Å². The number of aliphatic carboxylic acids is 1. The normalized spacial score (nSPS) is 12.0. The number of nitrogens with two attached hydrogens (primary N) is 2. The zero-order chi connectivity index (χ0) is 18.0. The molecule has 1 atom stereocenters. The van der Waals surface area contributed by atoms with Crippen molar-refractivity contribution in [1.82, 2.24) is 4.98 Å². The van der Waals surface area contributed by atoms with Crippen LogP contribution in [0.1, 0.15) is 10.4 Å². The maximum atomic E-state index is 11.7. The summed E-state index contributed by atoms with van der Waals surface area (Å²) in [7, 11) is 0. The van der Waals surface area contributed by atoms with Gasteiger partial charge in [-0.25, -0.2) is 4.98 Å². The molecule has 6 N–H and O–H groups in total. The van der Waals surface area contributed by atoms with Crippen LogP contribution in [0.5, 0.6) is 0 Å². The van der Waals surface area contributed by atoms with Crippen LogP contribution in [0.15, 0.2) is 42.6 Å². The van der Waals surface area contributed by atoms with Crippen molar-refractivity contribution in [2.75, 3.05) is 11.9 Å². The number of anilines is 1. The van der Waals surface area contributed by atoms with Crippen LogP contribution in [0, 0.1) is 0 Å². The van der Waals surface area contributed by atoms with Crippen molar-refractivity contribution in [1.29, 1.82) is 0 Å². The van der Waals surface area contributed by atoms with Crippen molar-refractivity contribution in [3.63, 3.8) is 0 Å². The molecule has 0 fully saturated rings. The zero-order valence-corrected chi connectivity index (χ0v) is 13.9. The summed E-state index contributed by atoms with van der Waals surface area (Å²) in [5.74, 6) is -1.20. The lowest BCUT2D eigenvalue weighted by molar-refractivity contribution is -0.138. The van der Waals surface area contributed by atoms with Gasteiger partial charge in [-0.2, -0.15) is 0 Å². The van der Waals surface area contributed by atoms with Gasteiger partial charge in [0.15, 0.2) is 0 Å². The Morgan fingerprint density at radius 3 is 2.64 bits per heavy atom. The number of carboxylic acid groups (broad SMARTS) is 1. The number of hydrogen-bond donors (Lipinski definition) is 4. The molecule has 0 spiro atoms. The fourth-order valence-electron chi connectivity index (χ4n) is 2.38. The molecule has 0 saturated carbocycles. The first-order valence-electron chi connectivity index (χ1n) is 7.47. The molecule has 0 aliphatic heterocycles. The molecule has 3 rings (SSSR count). The molecular weight excluding hydrogens is 340 g/mol. The van der Waals surface area contributed by atoms with E-state index in [0.717, 1.165) is 10.4 Å². The number of carboxylic acids is 1. The topological polar surface area (TPSA) is 131 Å². The van der Waals surface area contributed by atoms with E-state index >= 15 is 0 Å². The second-order valence-corrected chi connectivity index (χ2v) is 6.48. The molecular formula is C17H16N4O3S. The van der Waals surface area contributed by atoms with Gasteiger partial charge >= 0.3 is 5.97 Å². The summed E-state index contributed by atoms with van der Waals surface area (Å²) >= 11 is 1.43. The maximum absolute atomic E-state index is 11.7. The minimum atomic E-state index is -1.10. The van der Waals surface area contributed by atoms with E-state index in [1.165, 1.54) is 17.5 Å². The van der Waals surface area contributed by atoms with Gasteiger partial charge in [-0.1, -0.05) is 30.3 Å². The number of primary amides is 1. The van der Waals surface area contributed by atoms with Gasteiger partial charge < -0.3 is 21.9 Å². The summed E-state index contributed by atoms with van der Waals surface area (Å²) in [5.41, 5.74) is 12.3. The number of thiophene rings is 1. The number of hydrogen-bond acceptors (Lipinski definition) is 6. The average Bonchev–Trinajstić information content (AvgIpc) is 3.05. The van der Waals surface area contributed by atoms with Gasteiger partial charge in [0.25, 0.3) is 5.91 Å². The summed E-state index contributed by atoms with van der Waals surface area (Å²) in [6, 6.07) is 10.6. The number of nitrogens with one attached hydrogen (secondary N) is 1. The number of carbonyl (C=O) groups is 2. The first kappa shape index (κ1) is 16.9. The van der Waals surface area contributed by atoms with E-state index < -0.39 is 17.9 Å². The van der Waals surface area contributed by atoms with E-state index in [9.17, 15) is 9.59 Å². The molecule has 25 heavy (non-hydrogen) atoms. The molecule has 0 bridgehead atoms. The smallest absolute Gasteiger partial charge is 0.322 e. The molecule has 8 heteroatoms. The Kier molecular flexibility index (Phi) is 4.64. The van der Waals surface area contributed by atoms with Crippen LogP contribution in [0.3, 0.4) is 0 Å². The lowest BCUT2D eigenvalue weighted by Gasteiger charge is -2.10. The number of aromatic nitrogens is 1. The zero-order valence-electron chi connectivity index (χ0n) is 13.1. The van der Waals surface area contributed by atoms with Crippen molar-refractivity contribution in [2.45, 2.75) is 6.04 Å². The Balaban J connectivity index is 2.06. The number of benzene rings is 1. The first-order chi connectivity index (χ1) is 12.0. The summed E-state index contributed by atoms with van der Waals surface area (Å²) in [4.78, 5) is 27.7. The van der Waals surface area contributed by atoms with Gasteiger partial charge in [0.1, 0.15) is 11.9 Å².